The van der Waals surface area contributed by atoms with Gasteiger partial charge in [-0.05, 0) is 41.1 Å². The third kappa shape index (κ3) is 8.47. The standard InChI is InChI=1S/2C20H14N2O4S.Ba/c2*23-18-11-9-13-5-1-2-6-14(13)20(18)22-21-17-10-12-19(27(24,25)26)16-8-4-3-7-15(16)17;/h2*1-12,23H,(H,24,25,26);/q;;+2/p-2. The number of benzene rings is 8. The maximum absolute atomic E-state index is 12.2. The molecular formula is C40H26BaN4O8S2. The number of nitrogens with zero attached hydrogens (tertiary/aromatic N) is 4. The molecule has 8 rings (SSSR count). The largest absolute Gasteiger partial charge is 2.00 e. The second-order valence-electron chi connectivity index (χ2n) is 11.9. The number of fused-ring (bicyclic) bond motifs is 4. The van der Waals surface area contributed by atoms with Crippen LogP contribution in [0.1, 0.15) is 0 Å². The molecule has 0 fully saturated rings. The monoisotopic (exact) mass is 892 g/mol. The second kappa shape index (κ2) is 16.4. The van der Waals surface area contributed by atoms with Crippen molar-refractivity contribution in [3.63, 3.8) is 0 Å². The molecule has 0 aromatic heterocycles. The molecule has 0 bridgehead atoms. The number of azo groups is 2. The molecular weight excluding hydrogens is 866 g/mol. The molecule has 55 heavy (non-hydrogen) atoms. The number of phenolic OH excluding ortho intramolecular Hbond substituents is 1. The van der Waals surface area contributed by atoms with Gasteiger partial charge in [-0.3, -0.25) is 4.55 Å². The van der Waals surface area contributed by atoms with Gasteiger partial charge in [-0.25, -0.2) is 8.42 Å². The Labute approximate surface area is 355 Å². The molecule has 0 heterocycles. The van der Waals surface area contributed by atoms with Gasteiger partial charge in [0.15, 0.2) is 0 Å². The fourth-order valence-electron chi connectivity index (χ4n) is 6.02. The first kappa shape index (κ1) is 39.7. The van der Waals surface area contributed by atoms with Crippen molar-refractivity contribution < 1.29 is 36.2 Å². The van der Waals surface area contributed by atoms with Gasteiger partial charge < -0.3 is 14.8 Å². The summed E-state index contributed by atoms with van der Waals surface area (Å²) in [5, 5.41) is 44.0. The van der Waals surface area contributed by atoms with Crippen LogP contribution in [0.15, 0.2) is 176 Å². The maximum Gasteiger partial charge on any atom is 2.00 e. The summed E-state index contributed by atoms with van der Waals surface area (Å²) in [6, 6.07) is 39.9. The maximum atomic E-state index is 12.2. The van der Waals surface area contributed by atoms with E-state index in [0.717, 1.165) is 16.2 Å². The molecule has 0 saturated carbocycles. The van der Waals surface area contributed by atoms with Crippen molar-refractivity contribution in [2.75, 3.05) is 0 Å². The molecule has 0 amide bonds. The van der Waals surface area contributed by atoms with E-state index in [1.165, 1.54) is 36.4 Å². The van der Waals surface area contributed by atoms with Crippen molar-refractivity contribution >= 4 is 135 Å². The summed E-state index contributed by atoms with van der Waals surface area (Å²) in [6.45, 7) is 0. The topological polar surface area (TPSA) is 204 Å². The van der Waals surface area contributed by atoms with Gasteiger partial charge in [0, 0.05) is 32.3 Å². The van der Waals surface area contributed by atoms with Gasteiger partial charge >= 0.3 is 48.9 Å². The van der Waals surface area contributed by atoms with Gasteiger partial charge in [0.2, 0.25) is 0 Å². The predicted octanol–water partition coefficient (Wildman–Crippen LogP) is 9.37. The summed E-state index contributed by atoms with van der Waals surface area (Å²) in [4.78, 5) is -0.503. The Morgan fingerprint density at radius 3 is 1.40 bits per heavy atom. The number of aromatic hydroxyl groups is 1. The smallest absolute Gasteiger partial charge is 0.871 e. The van der Waals surface area contributed by atoms with Crippen LogP contribution in [0.2, 0.25) is 0 Å². The van der Waals surface area contributed by atoms with Gasteiger partial charge in [-0.1, -0.05) is 121 Å². The van der Waals surface area contributed by atoms with E-state index in [0.29, 0.717) is 38.6 Å². The third-order valence-corrected chi connectivity index (χ3v) is 10.3. The molecule has 0 unspecified atom stereocenters. The molecule has 0 aliphatic carbocycles. The molecule has 15 heteroatoms. The zero-order valence-electron chi connectivity index (χ0n) is 28.5. The summed E-state index contributed by atoms with van der Waals surface area (Å²) in [5.74, 6) is -0.267. The fraction of sp³-hybridized carbons (Fsp3) is 0. The Hall–Kier alpha value is -5.01. The predicted molar refractivity (Wildman–Crippen MR) is 209 cm³/mol. The Bertz CT molecular complexity index is 2840. The van der Waals surface area contributed by atoms with E-state index in [-0.39, 0.29) is 81.2 Å². The van der Waals surface area contributed by atoms with E-state index < -0.39 is 20.2 Å². The minimum absolute atomic E-state index is 0. The third-order valence-electron chi connectivity index (χ3n) is 8.53. The van der Waals surface area contributed by atoms with Crippen LogP contribution in [0.25, 0.3) is 43.1 Å². The fourth-order valence-corrected chi connectivity index (χ4v) is 7.40. The van der Waals surface area contributed by atoms with Gasteiger partial charge in [0.05, 0.1) is 22.0 Å². The average Bonchev–Trinajstić information content (AvgIpc) is 3.16. The second-order valence-corrected chi connectivity index (χ2v) is 14.6. The van der Waals surface area contributed by atoms with E-state index in [2.05, 4.69) is 20.5 Å². The van der Waals surface area contributed by atoms with Crippen molar-refractivity contribution in [2.45, 2.75) is 9.79 Å². The Balaban J connectivity index is 0.000000184. The van der Waals surface area contributed by atoms with Gasteiger partial charge in [-0.15, -0.1) is 15.3 Å². The molecule has 0 aliphatic rings. The van der Waals surface area contributed by atoms with Crippen molar-refractivity contribution in [1.29, 1.82) is 0 Å². The molecule has 268 valence electrons. The number of hydrogen-bond acceptors (Lipinski definition) is 11. The van der Waals surface area contributed by atoms with Crippen LogP contribution in [-0.4, -0.2) is 79.9 Å². The van der Waals surface area contributed by atoms with Crippen LogP contribution in [0, 0.1) is 0 Å². The van der Waals surface area contributed by atoms with E-state index >= 15 is 0 Å². The number of phenols is 1. The van der Waals surface area contributed by atoms with Gasteiger partial charge in [0.25, 0.3) is 10.1 Å². The molecule has 0 spiro atoms. The molecule has 2 N–H and O–H groups in total. The Morgan fingerprint density at radius 2 is 0.873 bits per heavy atom. The molecule has 0 saturated heterocycles. The first-order valence-electron chi connectivity index (χ1n) is 16.1. The van der Waals surface area contributed by atoms with Crippen molar-refractivity contribution in [3.05, 3.63) is 146 Å². The quantitative estimate of drug-likeness (QED) is 0.0933. The molecule has 0 aliphatic heterocycles. The van der Waals surface area contributed by atoms with Crippen molar-refractivity contribution in [2.24, 2.45) is 20.5 Å². The first-order chi connectivity index (χ1) is 25.9. The number of hydrogen-bond donors (Lipinski definition) is 2. The SMILES string of the molecule is O=S(=O)(O)c1ccc(N=Nc2c(O)ccc3ccccc23)c2ccccc12.O=S(=O)([O-])c1ccc(N=Nc2c([O-])ccc3ccccc23)c2ccccc12.[Ba+2]. The van der Waals surface area contributed by atoms with Crippen LogP contribution in [-0.2, 0) is 20.2 Å². The van der Waals surface area contributed by atoms with E-state index in [9.17, 15) is 36.2 Å². The average molecular weight is 892 g/mol. The Morgan fingerprint density at radius 1 is 0.455 bits per heavy atom. The summed E-state index contributed by atoms with van der Waals surface area (Å²) >= 11 is 0. The van der Waals surface area contributed by atoms with Crippen LogP contribution >= 0.6 is 0 Å². The zero-order chi connectivity index (χ0) is 38.0. The minimum atomic E-state index is -4.62. The van der Waals surface area contributed by atoms with Crippen LogP contribution < -0.4 is 5.11 Å². The normalized spacial score (nSPS) is 12.0. The van der Waals surface area contributed by atoms with Crippen LogP contribution in [0.3, 0.4) is 0 Å². The van der Waals surface area contributed by atoms with E-state index in [4.69, 9.17) is 0 Å². The molecule has 0 radical (unpaired) electrons. The van der Waals surface area contributed by atoms with Gasteiger partial charge in [-0.2, -0.15) is 13.5 Å². The summed E-state index contributed by atoms with van der Waals surface area (Å²) in [7, 11) is -8.98. The first-order valence-corrected chi connectivity index (χ1v) is 18.9. The van der Waals surface area contributed by atoms with E-state index in [1.54, 1.807) is 66.7 Å². The zero-order valence-corrected chi connectivity index (χ0v) is 34.6. The Kier molecular flexibility index (Phi) is 11.8. The molecule has 0 atom stereocenters. The summed E-state index contributed by atoms with van der Waals surface area (Å²) in [6.07, 6.45) is 0. The van der Waals surface area contributed by atoms with Crippen molar-refractivity contribution in [1.82, 2.24) is 0 Å². The molecule has 8 aromatic carbocycles. The number of rotatable bonds is 6. The van der Waals surface area contributed by atoms with Crippen molar-refractivity contribution in [3.8, 4) is 11.5 Å². The molecule has 12 nitrogen and oxygen atoms in total. The van der Waals surface area contributed by atoms with Crippen LogP contribution in [0.4, 0.5) is 22.7 Å². The van der Waals surface area contributed by atoms with Crippen LogP contribution in [0.5, 0.6) is 11.5 Å². The summed E-state index contributed by atoms with van der Waals surface area (Å²) < 4.78 is 67.1. The minimum Gasteiger partial charge on any atom is -0.871 e. The van der Waals surface area contributed by atoms with E-state index in [1.807, 2.05) is 42.5 Å². The molecule has 8 aromatic rings. The van der Waals surface area contributed by atoms with Gasteiger partial charge in [0.1, 0.15) is 26.5 Å². The summed E-state index contributed by atoms with van der Waals surface area (Å²) in [5.41, 5.74) is 1.32.